The standard InChI is InChI=1S/C29H48O/c1-7-21(19(2)3)9-8-20(4)25-12-13-26-24-11-10-22-18-23(30)14-16-28(22,5)27(24)15-17-29(25,26)6/h8-9,11,19-23,25-27,30H,7,10,12-18H2,1-6H3/b9-8+/t20-,21+,22?,23+,25?,26?,27?,28+,29-/m1/s1. The number of hydrogen-bond donors (Lipinski definition) is 1. The first-order chi connectivity index (χ1) is 14.2. The van der Waals surface area contributed by atoms with Crippen LogP contribution in [0.3, 0.4) is 0 Å². The summed E-state index contributed by atoms with van der Waals surface area (Å²) in [6.45, 7) is 14.8. The van der Waals surface area contributed by atoms with Gasteiger partial charge in [0.25, 0.3) is 0 Å². The fraction of sp³-hybridized carbons (Fsp3) is 0.862. The summed E-state index contributed by atoms with van der Waals surface area (Å²) in [7, 11) is 0. The predicted molar refractivity (Wildman–Crippen MR) is 128 cm³/mol. The van der Waals surface area contributed by atoms with Crippen LogP contribution in [-0.4, -0.2) is 11.2 Å². The van der Waals surface area contributed by atoms with Gasteiger partial charge in [-0.2, -0.15) is 0 Å². The zero-order chi connectivity index (χ0) is 21.7. The Morgan fingerprint density at radius 1 is 1.00 bits per heavy atom. The molecule has 4 rings (SSSR count). The Morgan fingerprint density at radius 2 is 1.70 bits per heavy atom. The monoisotopic (exact) mass is 412 g/mol. The molecule has 1 N–H and O–H groups in total. The first-order valence-corrected chi connectivity index (χ1v) is 13.3. The van der Waals surface area contributed by atoms with Crippen molar-refractivity contribution < 1.29 is 5.11 Å². The minimum atomic E-state index is -0.0480. The quantitative estimate of drug-likeness (QED) is 0.457. The zero-order valence-electron chi connectivity index (χ0n) is 20.7. The predicted octanol–water partition coefficient (Wildman–Crippen LogP) is 7.80. The number of aliphatic hydroxyl groups is 1. The Kier molecular flexibility index (Phi) is 6.35. The molecule has 1 nitrogen and oxygen atoms in total. The first kappa shape index (κ1) is 22.6. The third kappa shape index (κ3) is 3.66. The van der Waals surface area contributed by atoms with Crippen LogP contribution in [0, 0.1) is 52.3 Å². The maximum atomic E-state index is 10.3. The van der Waals surface area contributed by atoms with Crippen LogP contribution >= 0.6 is 0 Å². The molecule has 0 aromatic carbocycles. The second kappa shape index (κ2) is 8.42. The molecule has 0 aromatic heterocycles. The highest BCUT2D eigenvalue weighted by Gasteiger charge is 2.57. The van der Waals surface area contributed by atoms with Gasteiger partial charge < -0.3 is 5.11 Å². The van der Waals surface area contributed by atoms with Gasteiger partial charge in [0, 0.05) is 0 Å². The van der Waals surface area contributed by atoms with E-state index < -0.39 is 0 Å². The van der Waals surface area contributed by atoms with Gasteiger partial charge in [-0.15, -0.1) is 0 Å². The van der Waals surface area contributed by atoms with E-state index in [1.807, 2.05) is 5.57 Å². The molecular formula is C29H48O. The molecule has 30 heavy (non-hydrogen) atoms. The van der Waals surface area contributed by atoms with Gasteiger partial charge in [-0.1, -0.05) is 65.3 Å². The topological polar surface area (TPSA) is 20.2 Å². The Bertz CT molecular complexity index is 674. The molecule has 0 spiro atoms. The lowest BCUT2D eigenvalue weighted by Crippen LogP contribution is -2.49. The minimum Gasteiger partial charge on any atom is -0.393 e. The number of allylic oxidation sites excluding steroid dienone is 4. The molecule has 4 aliphatic carbocycles. The van der Waals surface area contributed by atoms with Gasteiger partial charge >= 0.3 is 0 Å². The smallest absolute Gasteiger partial charge is 0.0543 e. The Balaban J connectivity index is 1.53. The molecule has 4 unspecified atom stereocenters. The molecule has 9 atom stereocenters. The summed E-state index contributed by atoms with van der Waals surface area (Å²) in [6, 6.07) is 0. The van der Waals surface area contributed by atoms with Gasteiger partial charge in [-0.05, 0) is 110 Å². The summed E-state index contributed by atoms with van der Waals surface area (Å²) >= 11 is 0. The molecule has 0 aromatic rings. The van der Waals surface area contributed by atoms with Crippen LogP contribution in [0.4, 0.5) is 0 Å². The average molecular weight is 413 g/mol. The third-order valence-electron chi connectivity index (χ3n) is 10.7. The number of fused-ring (bicyclic) bond motifs is 5. The van der Waals surface area contributed by atoms with Crippen molar-refractivity contribution in [2.24, 2.45) is 52.3 Å². The van der Waals surface area contributed by atoms with Crippen molar-refractivity contribution in [3.8, 4) is 0 Å². The fourth-order valence-electron chi connectivity index (χ4n) is 8.68. The van der Waals surface area contributed by atoms with Crippen molar-refractivity contribution in [1.29, 1.82) is 0 Å². The lowest BCUT2D eigenvalue weighted by Gasteiger charge is -2.57. The Labute approximate surface area is 186 Å². The summed E-state index contributed by atoms with van der Waals surface area (Å²) in [4.78, 5) is 0. The van der Waals surface area contributed by atoms with Crippen LogP contribution in [-0.2, 0) is 0 Å². The van der Waals surface area contributed by atoms with Gasteiger partial charge in [0.05, 0.1) is 6.10 Å². The maximum absolute atomic E-state index is 10.3. The van der Waals surface area contributed by atoms with Crippen LogP contribution in [0.15, 0.2) is 23.8 Å². The molecule has 0 aliphatic heterocycles. The summed E-state index contributed by atoms with van der Waals surface area (Å²) < 4.78 is 0. The first-order valence-electron chi connectivity index (χ1n) is 13.3. The summed E-state index contributed by atoms with van der Waals surface area (Å²) in [6.07, 6.45) is 19.2. The summed E-state index contributed by atoms with van der Waals surface area (Å²) in [5.74, 6) is 5.32. The number of aliphatic hydroxyl groups excluding tert-OH is 1. The van der Waals surface area contributed by atoms with Crippen molar-refractivity contribution >= 4 is 0 Å². The van der Waals surface area contributed by atoms with Crippen LogP contribution < -0.4 is 0 Å². The van der Waals surface area contributed by atoms with Gasteiger partial charge in [0.1, 0.15) is 0 Å². The van der Waals surface area contributed by atoms with Crippen molar-refractivity contribution in [1.82, 2.24) is 0 Å². The molecule has 0 bridgehead atoms. The van der Waals surface area contributed by atoms with Gasteiger partial charge in [-0.3, -0.25) is 0 Å². The van der Waals surface area contributed by atoms with Gasteiger partial charge in [0.15, 0.2) is 0 Å². The molecule has 0 saturated heterocycles. The van der Waals surface area contributed by atoms with E-state index in [-0.39, 0.29) is 6.10 Å². The van der Waals surface area contributed by atoms with E-state index in [0.717, 1.165) is 42.4 Å². The second-order valence-corrected chi connectivity index (χ2v) is 12.5. The van der Waals surface area contributed by atoms with Gasteiger partial charge in [-0.25, -0.2) is 0 Å². The maximum Gasteiger partial charge on any atom is 0.0543 e. The van der Waals surface area contributed by atoms with Crippen LogP contribution in [0.25, 0.3) is 0 Å². The van der Waals surface area contributed by atoms with Gasteiger partial charge in [0.2, 0.25) is 0 Å². The fourth-order valence-corrected chi connectivity index (χ4v) is 8.68. The SMILES string of the molecule is CC[C@@H](/C=C/[C@@H](C)C1CCC2C3=CCC4C[C@@H](O)CC[C@]4(C)C3CC[C@@]21C)C(C)C. The normalized spacial score (nSPS) is 45.6. The molecule has 4 aliphatic rings. The van der Waals surface area contributed by atoms with E-state index in [1.54, 1.807) is 0 Å². The minimum absolute atomic E-state index is 0.0480. The molecule has 3 saturated carbocycles. The molecule has 3 fully saturated rings. The molecular weight excluding hydrogens is 364 g/mol. The number of rotatable bonds is 5. The van der Waals surface area contributed by atoms with E-state index in [9.17, 15) is 5.11 Å². The van der Waals surface area contributed by atoms with E-state index in [4.69, 9.17) is 0 Å². The van der Waals surface area contributed by atoms with Crippen molar-refractivity contribution in [3.05, 3.63) is 23.8 Å². The van der Waals surface area contributed by atoms with Crippen molar-refractivity contribution in [3.63, 3.8) is 0 Å². The highest BCUT2D eigenvalue weighted by molar-refractivity contribution is 5.28. The largest absolute Gasteiger partial charge is 0.393 e. The van der Waals surface area contributed by atoms with E-state index >= 15 is 0 Å². The third-order valence-corrected chi connectivity index (χ3v) is 10.7. The molecule has 0 amide bonds. The lowest BCUT2D eigenvalue weighted by atomic mass is 9.47. The molecule has 170 valence electrons. The molecule has 0 heterocycles. The van der Waals surface area contributed by atoms with Crippen LogP contribution in [0.2, 0.25) is 0 Å². The second-order valence-electron chi connectivity index (χ2n) is 12.5. The Hall–Kier alpha value is -0.560. The van der Waals surface area contributed by atoms with Crippen molar-refractivity contribution in [2.45, 2.75) is 105 Å². The number of hydrogen-bond acceptors (Lipinski definition) is 1. The highest BCUT2D eigenvalue weighted by Crippen LogP contribution is 2.66. The zero-order valence-corrected chi connectivity index (χ0v) is 20.7. The van der Waals surface area contributed by atoms with E-state index in [1.165, 1.54) is 44.9 Å². The summed E-state index contributed by atoms with van der Waals surface area (Å²) in [5.41, 5.74) is 2.79. The highest BCUT2D eigenvalue weighted by atomic mass is 16.3. The molecule has 1 heteroatoms. The van der Waals surface area contributed by atoms with Crippen molar-refractivity contribution in [2.75, 3.05) is 0 Å². The summed E-state index contributed by atoms with van der Waals surface area (Å²) in [5, 5.41) is 10.3. The average Bonchev–Trinajstić information content (AvgIpc) is 3.06. The lowest BCUT2D eigenvalue weighted by molar-refractivity contribution is -0.0414. The Morgan fingerprint density at radius 3 is 2.40 bits per heavy atom. The van der Waals surface area contributed by atoms with E-state index in [0.29, 0.717) is 22.7 Å². The van der Waals surface area contributed by atoms with Crippen LogP contribution in [0.1, 0.15) is 99.3 Å². The van der Waals surface area contributed by atoms with Crippen LogP contribution in [0.5, 0.6) is 0 Å². The molecule has 0 radical (unpaired) electrons. The van der Waals surface area contributed by atoms with E-state index in [2.05, 4.69) is 59.8 Å².